The van der Waals surface area contributed by atoms with Crippen LogP contribution in [0.15, 0.2) is 120 Å². The second kappa shape index (κ2) is 13.1. The molecule has 0 aliphatic carbocycles. The predicted molar refractivity (Wildman–Crippen MR) is 169 cm³/mol. The van der Waals surface area contributed by atoms with E-state index >= 15 is 0 Å². The fourth-order valence-electron chi connectivity index (χ4n) is 4.88. The van der Waals surface area contributed by atoms with Gasteiger partial charge in [-0.2, -0.15) is 0 Å². The Morgan fingerprint density at radius 3 is 2.15 bits per heavy atom. The number of rotatable bonds is 10. The summed E-state index contributed by atoms with van der Waals surface area (Å²) in [7, 11) is 1.87. The van der Waals surface area contributed by atoms with Gasteiger partial charge in [0.05, 0.1) is 18.1 Å². The Morgan fingerprint density at radius 2 is 1.49 bits per heavy atom. The van der Waals surface area contributed by atoms with E-state index in [9.17, 15) is 4.79 Å². The van der Waals surface area contributed by atoms with Gasteiger partial charge in [0.25, 0.3) is 0 Å². The van der Waals surface area contributed by atoms with Gasteiger partial charge in [-0.1, -0.05) is 94.8 Å². The number of carbonyl (C=O) groups excluding carboxylic acids is 1. The number of carbonyl (C=O) groups is 1. The molecule has 1 amide bonds. The number of pyridine rings is 1. The molecule has 5 nitrogen and oxygen atoms in total. The minimum Gasteiger partial charge on any atom is -0.439 e. The zero-order chi connectivity index (χ0) is 28.8. The molecule has 1 atom stereocenters. The van der Waals surface area contributed by atoms with Crippen LogP contribution in [0.4, 0.5) is 0 Å². The molecule has 5 rings (SSSR count). The number of fused-ring (bicyclic) bond motifs is 1. The van der Waals surface area contributed by atoms with Gasteiger partial charge in [-0.3, -0.25) is 9.69 Å². The molecule has 0 bridgehead atoms. The van der Waals surface area contributed by atoms with Crippen molar-refractivity contribution in [3.05, 3.63) is 136 Å². The molecule has 6 heteroatoms. The predicted octanol–water partition coefficient (Wildman–Crippen LogP) is 8.25. The molecule has 0 spiro atoms. The SMILES string of the molecule is CC(C)N(C)C(=O)CN(Cc1ccccc1)C(c1ccccc1)c1cc2cc(Br)ccc2nc1Oc1ccccc1. The largest absolute Gasteiger partial charge is 0.439 e. The molecule has 1 heterocycles. The number of para-hydroxylation sites is 1. The number of benzene rings is 4. The number of amides is 1. The number of aromatic nitrogens is 1. The van der Waals surface area contributed by atoms with Crippen LogP contribution in [0.2, 0.25) is 0 Å². The van der Waals surface area contributed by atoms with Gasteiger partial charge in [-0.05, 0) is 61.4 Å². The number of likely N-dealkylation sites (N-methyl/N-ethyl adjacent to an activating group) is 1. The van der Waals surface area contributed by atoms with E-state index in [2.05, 4.69) is 57.2 Å². The zero-order valence-corrected chi connectivity index (χ0v) is 25.2. The molecule has 5 aromatic rings. The second-order valence-corrected chi connectivity index (χ2v) is 11.4. The van der Waals surface area contributed by atoms with Crippen LogP contribution in [0.1, 0.15) is 36.6 Å². The Hall–Kier alpha value is -4.00. The molecule has 41 heavy (non-hydrogen) atoms. The average Bonchev–Trinajstić information content (AvgIpc) is 2.98. The molecule has 1 unspecified atom stereocenters. The Bertz CT molecular complexity index is 1590. The van der Waals surface area contributed by atoms with Crippen molar-refractivity contribution in [1.29, 1.82) is 0 Å². The highest BCUT2D eigenvalue weighted by atomic mass is 79.9. The summed E-state index contributed by atoms with van der Waals surface area (Å²) >= 11 is 3.63. The number of halogens is 1. The molecule has 0 fully saturated rings. The molecule has 1 aromatic heterocycles. The maximum Gasteiger partial charge on any atom is 0.236 e. The first-order valence-corrected chi connectivity index (χ1v) is 14.6. The normalized spacial score (nSPS) is 12.0. The van der Waals surface area contributed by atoms with E-state index in [1.54, 1.807) is 4.90 Å². The molecular formula is C35H34BrN3O2. The van der Waals surface area contributed by atoms with E-state index in [1.807, 2.05) is 99.8 Å². The lowest BCUT2D eigenvalue weighted by atomic mass is 9.95. The molecule has 0 N–H and O–H groups in total. The van der Waals surface area contributed by atoms with Crippen LogP contribution < -0.4 is 4.74 Å². The Kier molecular flexibility index (Phi) is 9.12. The highest BCUT2D eigenvalue weighted by Crippen LogP contribution is 2.39. The maximum atomic E-state index is 13.6. The van der Waals surface area contributed by atoms with Crippen LogP contribution >= 0.6 is 15.9 Å². The number of ether oxygens (including phenoxy) is 1. The van der Waals surface area contributed by atoms with Crippen LogP contribution in [-0.2, 0) is 11.3 Å². The van der Waals surface area contributed by atoms with Crippen molar-refractivity contribution in [2.24, 2.45) is 0 Å². The lowest BCUT2D eigenvalue weighted by molar-refractivity contribution is -0.133. The van der Waals surface area contributed by atoms with E-state index in [0.717, 1.165) is 32.1 Å². The lowest BCUT2D eigenvalue weighted by Gasteiger charge is -2.34. The van der Waals surface area contributed by atoms with E-state index < -0.39 is 0 Å². The summed E-state index contributed by atoms with van der Waals surface area (Å²) in [6, 6.07) is 38.3. The molecule has 0 saturated carbocycles. The lowest BCUT2D eigenvalue weighted by Crippen LogP contribution is -2.42. The van der Waals surface area contributed by atoms with Crippen LogP contribution in [0.25, 0.3) is 10.9 Å². The molecule has 0 aliphatic heterocycles. The molecular weight excluding hydrogens is 574 g/mol. The van der Waals surface area contributed by atoms with Gasteiger partial charge in [-0.25, -0.2) is 4.98 Å². The van der Waals surface area contributed by atoms with Crippen molar-refractivity contribution >= 4 is 32.7 Å². The summed E-state index contributed by atoms with van der Waals surface area (Å²) in [5.41, 5.74) is 3.90. The number of nitrogens with zero attached hydrogens (tertiary/aromatic N) is 3. The third-order valence-electron chi connectivity index (χ3n) is 7.24. The summed E-state index contributed by atoms with van der Waals surface area (Å²) in [4.78, 5) is 22.7. The summed E-state index contributed by atoms with van der Waals surface area (Å²) in [5, 5.41) is 0.987. The van der Waals surface area contributed by atoms with Crippen LogP contribution in [0.3, 0.4) is 0 Å². The van der Waals surface area contributed by atoms with Crippen molar-refractivity contribution in [3.63, 3.8) is 0 Å². The Balaban J connectivity index is 1.71. The van der Waals surface area contributed by atoms with Gasteiger partial charge >= 0.3 is 0 Å². The fraction of sp³-hybridized carbons (Fsp3) is 0.200. The van der Waals surface area contributed by atoms with E-state index in [1.165, 1.54) is 0 Å². The van der Waals surface area contributed by atoms with Crippen molar-refractivity contribution in [2.45, 2.75) is 32.5 Å². The topological polar surface area (TPSA) is 45.7 Å². The quantitative estimate of drug-likeness (QED) is 0.160. The van der Waals surface area contributed by atoms with Gasteiger partial charge in [0.15, 0.2) is 0 Å². The molecule has 0 aliphatic rings. The van der Waals surface area contributed by atoms with E-state index in [-0.39, 0.29) is 24.5 Å². The summed E-state index contributed by atoms with van der Waals surface area (Å²) < 4.78 is 7.47. The standard InChI is InChI=1S/C35H34BrN3O2/c1-25(2)38(3)33(40)24-39(23-26-13-7-4-8-14-26)34(27-15-9-5-10-16-27)31-22-28-21-29(36)19-20-32(28)37-35(31)41-30-17-11-6-12-18-30/h4-22,25,34H,23-24H2,1-3H3. The highest BCUT2D eigenvalue weighted by Gasteiger charge is 2.30. The van der Waals surface area contributed by atoms with Crippen molar-refractivity contribution in [2.75, 3.05) is 13.6 Å². The third kappa shape index (κ3) is 7.02. The minimum absolute atomic E-state index is 0.0545. The van der Waals surface area contributed by atoms with Crippen molar-refractivity contribution < 1.29 is 9.53 Å². The Labute approximate surface area is 250 Å². The van der Waals surface area contributed by atoms with Gasteiger partial charge in [0.2, 0.25) is 11.8 Å². The molecule has 208 valence electrons. The first kappa shape index (κ1) is 28.5. The maximum absolute atomic E-state index is 13.6. The van der Waals surface area contributed by atoms with Gasteiger partial charge in [0, 0.05) is 35.1 Å². The minimum atomic E-state index is -0.310. The van der Waals surface area contributed by atoms with E-state index in [0.29, 0.717) is 18.2 Å². The van der Waals surface area contributed by atoms with Crippen molar-refractivity contribution in [1.82, 2.24) is 14.8 Å². The average molecular weight is 609 g/mol. The number of hydrogen-bond acceptors (Lipinski definition) is 4. The Morgan fingerprint density at radius 1 is 0.854 bits per heavy atom. The highest BCUT2D eigenvalue weighted by molar-refractivity contribution is 9.10. The number of hydrogen-bond donors (Lipinski definition) is 0. The zero-order valence-electron chi connectivity index (χ0n) is 23.6. The monoisotopic (exact) mass is 607 g/mol. The summed E-state index contributed by atoms with van der Waals surface area (Å²) in [6.07, 6.45) is 0. The van der Waals surface area contributed by atoms with E-state index in [4.69, 9.17) is 9.72 Å². The van der Waals surface area contributed by atoms with Gasteiger partial charge in [0.1, 0.15) is 5.75 Å². The summed E-state index contributed by atoms with van der Waals surface area (Å²) in [6.45, 7) is 4.86. The van der Waals surface area contributed by atoms with Gasteiger partial charge < -0.3 is 9.64 Å². The molecule has 0 radical (unpaired) electrons. The smallest absolute Gasteiger partial charge is 0.236 e. The third-order valence-corrected chi connectivity index (χ3v) is 7.73. The fourth-order valence-corrected chi connectivity index (χ4v) is 5.25. The van der Waals surface area contributed by atoms with Crippen LogP contribution in [0.5, 0.6) is 11.6 Å². The first-order valence-electron chi connectivity index (χ1n) is 13.8. The van der Waals surface area contributed by atoms with Crippen molar-refractivity contribution in [3.8, 4) is 11.6 Å². The summed E-state index contributed by atoms with van der Waals surface area (Å²) in [5.74, 6) is 1.27. The van der Waals surface area contributed by atoms with Crippen LogP contribution in [-0.4, -0.2) is 40.3 Å². The first-order chi connectivity index (χ1) is 19.9. The van der Waals surface area contributed by atoms with Gasteiger partial charge in [-0.15, -0.1) is 0 Å². The molecule has 0 saturated heterocycles. The molecule has 4 aromatic carbocycles. The van der Waals surface area contributed by atoms with Crippen LogP contribution in [0, 0.1) is 0 Å². The second-order valence-electron chi connectivity index (χ2n) is 10.4.